The molecular formula is C17H27ClN2. The van der Waals surface area contributed by atoms with Crippen molar-refractivity contribution in [1.29, 1.82) is 0 Å². The van der Waals surface area contributed by atoms with Gasteiger partial charge in [-0.15, -0.1) is 0 Å². The predicted octanol–water partition coefficient (Wildman–Crippen LogP) is 4.32. The summed E-state index contributed by atoms with van der Waals surface area (Å²) in [6.45, 7) is 14.4. The minimum absolute atomic E-state index is 0.116. The highest BCUT2D eigenvalue weighted by molar-refractivity contribution is 6.30. The van der Waals surface area contributed by atoms with Crippen LogP contribution in [0.15, 0.2) is 18.2 Å². The molecule has 1 aromatic rings. The minimum Gasteiger partial charge on any atom is -0.371 e. The first kappa shape index (κ1) is 15.7. The molecule has 2 rings (SSSR count). The summed E-state index contributed by atoms with van der Waals surface area (Å²) in [6, 6.07) is 6.28. The zero-order valence-corrected chi connectivity index (χ0v) is 14.1. The summed E-state index contributed by atoms with van der Waals surface area (Å²) in [4.78, 5) is 2.51. The lowest BCUT2D eigenvalue weighted by molar-refractivity contribution is 0.424. The first-order chi connectivity index (χ1) is 9.26. The molecule has 20 heavy (non-hydrogen) atoms. The second-order valence-electron chi connectivity index (χ2n) is 7.24. The topological polar surface area (TPSA) is 15.3 Å². The Morgan fingerprint density at radius 3 is 2.35 bits per heavy atom. The van der Waals surface area contributed by atoms with Gasteiger partial charge in [-0.3, -0.25) is 0 Å². The average Bonchev–Trinajstić information content (AvgIpc) is 2.66. The Kier molecular flexibility index (Phi) is 4.66. The van der Waals surface area contributed by atoms with Crippen molar-refractivity contribution in [3.63, 3.8) is 0 Å². The van der Waals surface area contributed by atoms with Gasteiger partial charge in [0.15, 0.2) is 0 Å². The summed E-state index contributed by atoms with van der Waals surface area (Å²) in [6.07, 6.45) is 0. The van der Waals surface area contributed by atoms with Crippen molar-refractivity contribution in [2.75, 3.05) is 18.0 Å². The SMILES string of the molecule is CC1CN(c2ccc(Cl)cc2CNC(C)(C)C)CC1C. The van der Waals surface area contributed by atoms with Crippen LogP contribution >= 0.6 is 11.6 Å². The van der Waals surface area contributed by atoms with Crippen molar-refractivity contribution >= 4 is 17.3 Å². The highest BCUT2D eigenvalue weighted by atomic mass is 35.5. The Balaban J connectivity index is 2.20. The van der Waals surface area contributed by atoms with Gasteiger partial charge < -0.3 is 10.2 Å². The number of anilines is 1. The van der Waals surface area contributed by atoms with E-state index >= 15 is 0 Å². The first-order valence-electron chi connectivity index (χ1n) is 7.54. The van der Waals surface area contributed by atoms with Crippen LogP contribution in [0.5, 0.6) is 0 Å². The van der Waals surface area contributed by atoms with Crippen LogP contribution < -0.4 is 10.2 Å². The number of rotatable bonds is 3. The monoisotopic (exact) mass is 294 g/mol. The van der Waals surface area contributed by atoms with E-state index in [1.54, 1.807) is 0 Å². The number of hydrogen-bond donors (Lipinski definition) is 1. The van der Waals surface area contributed by atoms with E-state index in [2.05, 4.69) is 57.0 Å². The Morgan fingerprint density at radius 2 is 1.80 bits per heavy atom. The molecule has 0 radical (unpaired) electrons. The normalized spacial score (nSPS) is 23.4. The quantitative estimate of drug-likeness (QED) is 0.893. The Morgan fingerprint density at radius 1 is 1.20 bits per heavy atom. The zero-order chi connectivity index (χ0) is 14.9. The molecule has 0 bridgehead atoms. The van der Waals surface area contributed by atoms with Crippen molar-refractivity contribution in [3.8, 4) is 0 Å². The highest BCUT2D eigenvalue weighted by Gasteiger charge is 2.27. The van der Waals surface area contributed by atoms with Gasteiger partial charge >= 0.3 is 0 Å². The summed E-state index contributed by atoms with van der Waals surface area (Å²) in [5.41, 5.74) is 2.75. The molecule has 1 fully saturated rings. The second-order valence-corrected chi connectivity index (χ2v) is 7.67. The van der Waals surface area contributed by atoms with Crippen LogP contribution in [-0.4, -0.2) is 18.6 Å². The van der Waals surface area contributed by atoms with E-state index in [0.717, 1.165) is 36.5 Å². The molecule has 0 saturated carbocycles. The molecule has 0 spiro atoms. The number of hydrogen-bond acceptors (Lipinski definition) is 2. The van der Waals surface area contributed by atoms with Crippen molar-refractivity contribution in [3.05, 3.63) is 28.8 Å². The summed E-state index contributed by atoms with van der Waals surface area (Å²) < 4.78 is 0. The van der Waals surface area contributed by atoms with Gasteiger partial charge in [-0.1, -0.05) is 25.4 Å². The number of nitrogens with zero attached hydrogens (tertiary/aromatic N) is 1. The molecule has 112 valence electrons. The second kappa shape index (κ2) is 5.95. The fourth-order valence-electron chi connectivity index (χ4n) is 2.69. The van der Waals surface area contributed by atoms with E-state index in [4.69, 9.17) is 11.6 Å². The van der Waals surface area contributed by atoms with Crippen LogP contribution in [0.25, 0.3) is 0 Å². The van der Waals surface area contributed by atoms with Gasteiger partial charge in [-0.25, -0.2) is 0 Å². The minimum atomic E-state index is 0.116. The molecular weight excluding hydrogens is 268 g/mol. The Hall–Kier alpha value is -0.730. The van der Waals surface area contributed by atoms with Crippen LogP contribution in [0.3, 0.4) is 0 Å². The zero-order valence-electron chi connectivity index (χ0n) is 13.3. The van der Waals surface area contributed by atoms with Gasteiger partial charge in [0.25, 0.3) is 0 Å². The molecule has 1 aliphatic rings. The standard InChI is InChI=1S/C17H27ClN2/c1-12-10-20(11-13(12)2)16-7-6-15(18)8-14(16)9-19-17(3,4)5/h6-8,12-13,19H,9-11H2,1-5H3. The molecule has 3 heteroatoms. The number of halogens is 1. The van der Waals surface area contributed by atoms with E-state index in [1.807, 2.05) is 6.07 Å². The van der Waals surface area contributed by atoms with Crippen molar-refractivity contribution in [1.82, 2.24) is 5.32 Å². The third-order valence-corrected chi connectivity index (χ3v) is 4.41. The Labute approximate surface area is 128 Å². The fourth-order valence-corrected chi connectivity index (χ4v) is 2.89. The molecule has 1 aliphatic heterocycles. The van der Waals surface area contributed by atoms with Crippen molar-refractivity contribution in [2.24, 2.45) is 11.8 Å². The third-order valence-electron chi connectivity index (χ3n) is 4.18. The highest BCUT2D eigenvalue weighted by Crippen LogP contribution is 2.31. The van der Waals surface area contributed by atoms with E-state index in [9.17, 15) is 0 Å². The van der Waals surface area contributed by atoms with Gasteiger partial charge in [-0.2, -0.15) is 0 Å². The third kappa shape index (κ3) is 3.89. The van der Waals surface area contributed by atoms with E-state index in [0.29, 0.717) is 0 Å². The lowest BCUT2D eigenvalue weighted by Crippen LogP contribution is -2.35. The van der Waals surface area contributed by atoms with Gasteiger partial charge in [0.1, 0.15) is 0 Å². The molecule has 2 unspecified atom stereocenters. The maximum atomic E-state index is 6.18. The average molecular weight is 295 g/mol. The lowest BCUT2D eigenvalue weighted by Gasteiger charge is -2.26. The van der Waals surface area contributed by atoms with Crippen LogP contribution in [0.1, 0.15) is 40.2 Å². The fraction of sp³-hybridized carbons (Fsp3) is 0.647. The summed E-state index contributed by atoms with van der Waals surface area (Å²) in [7, 11) is 0. The molecule has 0 amide bonds. The van der Waals surface area contributed by atoms with Gasteiger partial charge in [0.05, 0.1) is 0 Å². The maximum Gasteiger partial charge on any atom is 0.0413 e. The molecule has 0 aromatic heterocycles. The number of benzene rings is 1. The van der Waals surface area contributed by atoms with Gasteiger partial charge in [0.2, 0.25) is 0 Å². The van der Waals surface area contributed by atoms with Crippen LogP contribution in [0.4, 0.5) is 5.69 Å². The molecule has 2 nitrogen and oxygen atoms in total. The molecule has 0 aliphatic carbocycles. The van der Waals surface area contributed by atoms with E-state index in [1.165, 1.54) is 11.3 Å². The molecule has 1 N–H and O–H groups in total. The lowest BCUT2D eigenvalue weighted by atomic mass is 10.0. The first-order valence-corrected chi connectivity index (χ1v) is 7.92. The van der Waals surface area contributed by atoms with Crippen molar-refractivity contribution in [2.45, 2.75) is 46.7 Å². The smallest absolute Gasteiger partial charge is 0.0413 e. The van der Waals surface area contributed by atoms with E-state index in [-0.39, 0.29) is 5.54 Å². The molecule has 1 saturated heterocycles. The van der Waals surface area contributed by atoms with Crippen molar-refractivity contribution < 1.29 is 0 Å². The molecule has 1 aromatic carbocycles. The van der Waals surface area contributed by atoms with Crippen LogP contribution in [-0.2, 0) is 6.54 Å². The molecule has 1 heterocycles. The van der Waals surface area contributed by atoms with Crippen LogP contribution in [0, 0.1) is 11.8 Å². The Bertz CT molecular complexity index is 455. The predicted molar refractivity (Wildman–Crippen MR) is 88.6 cm³/mol. The van der Waals surface area contributed by atoms with E-state index < -0.39 is 0 Å². The largest absolute Gasteiger partial charge is 0.371 e. The van der Waals surface area contributed by atoms with Gasteiger partial charge in [-0.05, 0) is 56.4 Å². The number of nitrogens with one attached hydrogen (secondary N) is 1. The summed E-state index contributed by atoms with van der Waals surface area (Å²) in [5.74, 6) is 1.52. The van der Waals surface area contributed by atoms with Gasteiger partial charge in [0, 0.05) is 35.9 Å². The maximum absolute atomic E-state index is 6.18. The summed E-state index contributed by atoms with van der Waals surface area (Å²) in [5, 5.41) is 4.39. The summed E-state index contributed by atoms with van der Waals surface area (Å²) >= 11 is 6.18. The van der Waals surface area contributed by atoms with Crippen LogP contribution in [0.2, 0.25) is 5.02 Å². The molecule has 2 atom stereocenters.